The van der Waals surface area contributed by atoms with Crippen molar-refractivity contribution in [3.05, 3.63) is 53.4 Å². The van der Waals surface area contributed by atoms with Crippen molar-refractivity contribution in [1.29, 1.82) is 0 Å². The van der Waals surface area contributed by atoms with Gasteiger partial charge in [0.1, 0.15) is 11.5 Å². The molecular weight excluding hydrogens is 388 g/mol. The molecule has 1 fully saturated rings. The number of anilines is 1. The van der Waals surface area contributed by atoms with E-state index in [4.69, 9.17) is 26.1 Å². The maximum atomic E-state index is 5.76. The van der Waals surface area contributed by atoms with Crippen molar-refractivity contribution in [2.75, 3.05) is 45.3 Å². The van der Waals surface area contributed by atoms with Crippen LogP contribution in [0, 0.1) is 4.84 Å². The number of hydrogen-bond acceptors (Lipinski definition) is 6. The summed E-state index contributed by atoms with van der Waals surface area (Å²) in [6.07, 6.45) is 0. The fraction of sp³-hybridized carbons (Fsp3) is 0.333. The predicted molar refractivity (Wildman–Crippen MR) is 113 cm³/mol. The Bertz CT molecular complexity index is 988. The summed E-state index contributed by atoms with van der Waals surface area (Å²) in [4.78, 5) is 4.22. The second kappa shape index (κ2) is 8.67. The number of ether oxygens (including phenoxy) is 2. The van der Waals surface area contributed by atoms with Gasteiger partial charge in [0, 0.05) is 17.3 Å². The van der Waals surface area contributed by atoms with Gasteiger partial charge in [-0.25, -0.2) is 0 Å². The molecule has 4 rings (SSSR count). The van der Waals surface area contributed by atoms with E-state index in [-0.39, 0.29) is 0 Å². The number of methoxy groups -OCH3 is 2. The third-order valence-electron chi connectivity index (χ3n) is 5.17. The second-order valence-electron chi connectivity index (χ2n) is 7.00. The van der Waals surface area contributed by atoms with Gasteiger partial charge in [-0.3, -0.25) is 0 Å². The Morgan fingerprint density at radius 3 is 2.31 bits per heavy atom. The first-order valence-electron chi connectivity index (χ1n) is 9.61. The van der Waals surface area contributed by atoms with E-state index in [9.17, 15) is 0 Å². The first-order chi connectivity index (χ1) is 14.2. The zero-order valence-corrected chi connectivity index (χ0v) is 17.4. The fourth-order valence-corrected chi connectivity index (χ4v) is 3.73. The van der Waals surface area contributed by atoms with Crippen LogP contribution < -0.4 is 19.3 Å². The molecule has 0 spiro atoms. The average molecular weight is 414 g/mol. The second-order valence-corrected chi connectivity index (χ2v) is 7.35. The number of para-hydroxylation sites is 1. The van der Waals surface area contributed by atoms with Crippen LogP contribution in [0.4, 0.5) is 5.69 Å². The van der Waals surface area contributed by atoms with E-state index < -0.39 is 0 Å². The first kappa shape index (κ1) is 19.5. The molecule has 1 aliphatic rings. The van der Waals surface area contributed by atoms with Gasteiger partial charge in [0.15, 0.2) is 6.67 Å². The minimum atomic E-state index is 0.375. The van der Waals surface area contributed by atoms with E-state index in [0.29, 0.717) is 28.9 Å². The Labute approximate surface area is 175 Å². The Kier molecular flexibility index (Phi) is 5.82. The van der Waals surface area contributed by atoms with Gasteiger partial charge in [-0.1, -0.05) is 18.2 Å². The van der Waals surface area contributed by atoms with E-state index in [1.165, 1.54) is 10.6 Å². The standard InChI is InChI=1S/C21H24N4O3S/c1-26-18-12-16(13-19(14-18)27-2)20-22-25(21(29)28-20)15-23-8-10-24(11-9-23)17-6-4-3-5-7-17/h3-7,12-14H,8-11,15H2,1-2H3/p+1. The van der Waals surface area contributed by atoms with Crippen molar-refractivity contribution in [3.8, 4) is 23.0 Å². The molecule has 7 nitrogen and oxygen atoms in total. The van der Waals surface area contributed by atoms with Gasteiger partial charge in [0.2, 0.25) is 5.89 Å². The third-order valence-corrected chi connectivity index (χ3v) is 5.46. The summed E-state index contributed by atoms with van der Waals surface area (Å²) in [6.45, 7) is 4.73. The summed E-state index contributed by atoms with van der Waals surface area (Å²) in [7, 11) is 3.23. The maximum absolute atomic E-state index is 5.76. The molecule has 0 atom stereocenters. The van der Waals surface area contributed by atoms with Gasteiger partial charge in [-0.15, -0.1) is 5.10 Å². The van der Waals surface area contributed by atoms with Gasteiger partial charge >= 0.3 is 0 Å². The van der Waals surface area contributed by atoms with Crippen LogP contribution in [-0.2, 0) is 6.67 Å². The Morgan fingerprint density at radius 2 is 1.69 bits per heavy atom. The average Bonchev–Trinajstić information content (AvgIpc) is 3.14. The monoisotopic (exact) mass is 413 g/mol. The van der Waals surface area contributed by atoms with Crippen LogP contribution in [0.25, 0.3) is 11.5 Å². The topological polar surface area (TPSA) is 57.1 Å². The highest BCUT2D eigenvalue weighted by Gasteiger charge is 2.22. The van der Waals surface area contributed by atoms with Gasteiger partial charge in [-0.2, -0.15) is 4.68 Å². The van der Waals surface area contributed by atoms with Crippen molar-refractivity contribution in [2.24, 2.45) is 0 Å². The molecular formula is C21H25N4O3S+. The number of piperazine rings is 1. The van der Waals surface area contributed by atoms with Crippen molar-refractivity contribution < 1.29 is 18.8 Å². The molecule has 1 aliphatic heterocycles. The van der Waals surface area contributed by atoms with Crippen molar-refractivity contribution >= 4 is 17.9 Å². The van der Waals surface area contributed by atoms with Crippen LogP contribution in [0.5, 0.6) is 11.5 Å². The van der Waals surface area contributed by atoms with Crippen molar-refractivity contribution in [1.82, 2.24) is 9.78 Å². The first-order valence-corrected chi connectivity index (χ1v) is 10.0. The lowest BCUT2D eigenvalue weighted by Gasteiger charge is -2.33. The summed E-state index contributed by atoms with van der Waals surface area (Å²) in [5.74, 6) is 1.82. The molecule has 8 heteroatoms. The lowest BCUT2D eigenvalue weighted by Crippen LogP contribution is -3.14. The van der Waals surface area contributed by atoms with E-state index in [0.717, 1.165) is 31.7 Å². The summed E-state index contributed by atoms with van der Waals surface area (Å²) in [5, 5.41) is 4.60. The number of nitrogens with one attached hydrogen (secondary N) is 1. The molecule has 0 saturated carbocycles. The zero-order chi connectivity index (χ0) is 20.2. The van der Waals surface area contributed by atoms with Crippen LogP contribution >= 0.6 is 12.2 Å². The molecule has 0 unspecified atom stereocenters. The summed E-state index contributed by atoms with van der Waals surface area (Å²) in [5.41, 5.74) is 2.05. The van der Waals surface area contributed by atoms with Crippen molar-refractivity contribution in [3.63, 3.8) is 0 Å². The van der Waals surface area contributed by atoms with Gasteiger partial charge in [-0.05, 0) is 36.5 Å². The molecule has 1 aromatic heterocycles. The van der Waals surface area contributed by atoms with Crippen LogP contribution in [0.3, 0.4) is 0 Å². The number of hydrogen-bond donors (Lipinski definition) is 1. The molecule has 29 heavy (non-hydrogen) atoms. The maximum Gasteiger partial charge on any atom is 0.292 e. The molecule has 0 bridgehead atoms. The SMILES string of the molecule is COc1cc(OC)cc(-c2nn(C[NH+]3CCN(c4ccccc4)CC3)c(=S)o2)c1. The molecule has 0 amide bonds. The Morgan fingerprint density at radius 1 is 1.03 bits per heavy atom. The summed E-state index contributed by atoms with van der Waals surface area (Å²) < 4.78 is 18.2. The summed E-state index contributed by atoms with van der Waals surface area (Å²) >= 11 is 5.41. The van der Waals surface area contributed by atoms with Crippen LogP contribution in [0.1, 0.15) is 0 Å². The van der Waals surface area contributed by atoms with Gasteiger partial charge in [0.25, 0.3) is 4.84 Å². The van der Waals surface area contributed by atoms with E-state index in [1.54, 1.807) is 18.9 Å². The molecule has 0 radical (unpaired) electrons. The van der Waals surface area contributed by atoms with E-state index >= 15 is 0 Å². The van der Waals surface area contributed by atoms with Gasteiger partial charge < -0.3 is 23.7 Å². The third kappa shape index (κ3) is 4.44. The van der Waals surface area contributed by atoms with E-state index in [1.807, 2.05) is 24.3 Å². The lowest BCUT2D eigenvalue weighted by molar-refractivity contribution is -0.924. The Hall–Kier alpha value is -2.84. The predicted octanol–water partition coefficient (Wildman–Crippen LogP) is 2.25. The minimum Gasteiger partial charge on any atom is -0.497 e. The number of rotatable bonds is 6. The van der Waals surface area contributed by atoms with Gasteiger partial charge in [0.05, 0.1) is 40.4 Å². The largest absolute Gasteiger partial charge is 0.497 e. The molecule has 152 valence electrons. The molecule has 1 saturated heterocycles. The highest BCUT2D eigenvalue weighted by Crippen LogP contribution is 2.28. The highest BCUT2D eigenvalue weighted by atomic mass is 32.1. The number of nitrogens with zero attached hydrogens (tertiary/aromatic N) is 3. The fourth-order valence-electron chi connectivity index (χ4n) is 3.54. The van der Waals surface area contributed by atoms with Crippen LogP contribution in [-0.4, -0.2) is 50.2 Å². The summed E-state index contributed by atoms with van der Waals surface area (Å²) in [6, 6.07) is 16.1. The smallest absolute Gasteiger partial charge is 0.292 e. The van der Waals surface area contributed by atoms with Crippen molar-refractivity contribution in [2.45, 2.75) is 6.67 Å². The molecule has 2 heterocycles. The zero-order valence-electron chi connectivity index (χ0n) is 16.6. The quantitative estimate of drug-likeness (QED) is 0.626. The number of benzene rings is 2. The lowest BCUT2D eigenvalue weighted by atomic mass is 10.2. The number of quaternary nitrogens is 1. The van der Waals surface area contributed by atoms with Crippen LogP contribution in [0.15, 0.2) is 52.9 Å². The Balaban J connectivity index is 1.45. The normalized spacial score (nSPS) is 14.8. The number of aromatic nitrogens is 2. The minimum absolute atomic E-state index is 0.375. The molecule has 2 aromatic carbocycles. The molecule has 1 N–H and O–H groups in total. The van der Waals surface area contributed by atoms with Crippen LogP contribution in [0.2, 0.25) is 0 Å². The molecule has 0 aliphatic carbocycles. The van der Waals surface area contributed by atoms with E-state index in [2.05, 4.69) is 34.3 Å². The molecule has 3 aromatic rings. The highest BCUT2D eigenvalue weighted by molar-refractivity contribution is 7.71.